The number of fused-ring (bicyclic) bond motifs is 1. The number of hydrogen-bond donors (Lipinski definition) is 0. The molecule has 5 heteroatoms. The van der Waals surface area contributed by atoms with Crippen molar-refractivity contribution >= 4 is 33.3 Å². The van der Waals surface area contributed by atoms with Gasteiger partial charge < -0.3 is 0 Å². The van der Waals surface area contributed by atoms with Crippen LogP contribution in [0.25, 0.3) is 16.9 Å². The molecular weight excluding hydrogens is 334 g/mol. The summed E-state index contributed by atoms with van der Waals surface area (Å²) in [4.78, 5) is 4.65. The fraction of sp³-hybridized carbons (Fsp3) is 0.0667. The molecule has 0 aliphatic rings. The quantitative estimate of drug-likeness (QED) is 0.502. The first-order valence-corrected chi connectivity index (χ1v) is 7.60. The van der Waals surface area contributed by atoms with Gasteiger partial charge in [0.1, 0.15) is 21.8 Å². The van der Waals surface area contributed by atoms with E-state index < -0.39 is 0 Å². The Morgan fingerprint density at radius 3 is 2.65 bits per heavy atom. The number of thioether (sulfide) groups is 1. The second kappa shape index (κ2) is 5.31. The molecule has 0 aliphatic carbocycles. The van der Waals surface area contributed by atoms with Crippen LogP contribution >= 0.6 is 27.7 Å². The minimum atomic E-state index is 0.842. The van der Waals surface area contributed by atoms with Gasteiger partial charge >= 0.3 is 0 Å². The highest BCUT2D eigenvalue weighted by atomic mass is 79.9. The second-order valence-corrected chi connectivity index (χ2v) is 6.09. The Morgan fingerprint density at radius 1 is 1.20 bits per heavy atom. The summed E-state index contributed by atoms with van der Waals surface area (Å²) in [6, 6.07) is 11.9. The molecular formula is C15H10BrN3S. The van der Waals surface area contributed by atoms with E-state index in [1.807, 2.05) is 53.9 Å². The lowest BCUT2D eigenvalue weighted by Gasteiger charge is -2.01. The molecule has 0 spiro atoms. The van der Waals surface area contributed by atoms with Gasteiger partial charge in [-0.1, -0.05) is 34.1 Å². The van der Waals surface area contributed by atoms with Crippen molar-refractivity contribution in [3.05, 3.63) is 52.6 Å². The molecule has 0 amide bonds. The first-order chi connectivity index (χ1) is 9.69. The summed E-state index contributed by atoms with van der Waals surface area (Å²) in [5, 5.41) is 12.1. The summed E-state index contributed by atoms with van der Waals surface area (Å²) in [6.07, 6.45) is 2.00. The number of imidazole rings is 1. The number of nitrogens with zero attached hydrogens (tertiary/aromatic N) is 3. The van der Waals surface area contributed by atoms with Crippen molar-refractivity contribution in [2.75, 3.05) is 0 Å². The number of pyridine rings is 1. The number of rotatable bonds is 2. The van der Waals surface area contributed by atoms with E-state index in [4.69, 9.17) is 5.26 Å². The lowest BCUT2D eigenvalue weighted by Crippen LogP contribution is -1.87. The zero-order valence-electron chi connectivity index (χ0n) is 10.7. The monoisotopic (exact) mass is 343 g/mol. The zero-order chi connectivity index (χ0) is 14.1. The molecule has 2 heterocycles. The van der Waals surface area contributed by atoms with Crippen molar-refractivity contribution in [1.29, 1.82) is 5.26 Å². The van der Waals surface area contributed by atoms with Gasteiger partial charge in [0, 0.05) is 28.0 Å². The lowest BCUT2D eigenvalue weighted by molar-refractivity contribution is 1.04. The maximum absolute atomic E-state index is 9.05. The minimum absolute atomic E-state index is 0.842. The van der Waals surface area contributed by atoms with Gasteiger partial charge in [0.05, 0.1) is 0 Å². The van der Waals surface area contributed by atoms with Crippen LogP contribution in [0.2, 0.25) is 0 Å². The Labute approximate surface area is 129 Å². The van der Waals surface area contributed by atoms with Gasteiger partial charge in [0.2, 0.25) is 0 Å². The SMILES string of the molecule is Cc1ccc2nc(-c3ccc(Br)cc3)c(SC#N)n2c1. The number of thiocyanates is 1. The second-order valence-electron chi connectivity index (χ2n) is 4.40. The molecule has 3 aromatic rings. The predicted octanol–water partition coefficient (Wildman–Crippen LogP) is 4.65. The minimum Gasteiger partial charge on any atom is -0.293 e. The van der Waals surface area contributed by atoms with Gasteiger partial charge in [-0.2, -0.15) is 5.26 Å². The van der Waals surface area contributed by atoms with Gasteiger partial charge in [0.25, 0.3) is 0 Å². The Hall–Kier alpha value is -1.77. The largest absolute Gasteiger partial charge is 0.293 e. The average Bonchev–Trinajstić information content (AvgIpc) is 2.79. The van der Waals surface area contributed by atoms with E-state index in [2.05, 4.69) is 26.3 Å². The van der Waals surface area contributed by atoms with Crippen molar-refractivity contribution in [3.63, 3.8) is 0 Å². The van der Waals surface area contributed by atoms with Gasteiger partial charge in [-0.15, -0.1) is 0 Å². The van der Waals surface area contributed by atoms with Crippen LogP contribution in [0.15, 0.2) is 52.1 Å². The average molecular weight is 344 g/mol. The molecule has 0 aliphatic heterocycles. The van der Waals surface area contributed by atoms with E-state index in [1.165, 1.54) is 0 Å². The van der Waals surface area contributed by atoms with Crippen LogP contribution in [-0.2, 0) is 0 Å². The molecule has 0 N–H and O–H groups in total. The maximum atomic E-state index is 9.05. The molecule has 98 valence electrons. The number of hydrogen-bond acceptors (Lipinski definition) is 3. The van der Waals surface area contributed by atoms with Crippen LogP contribution in [0, 0.1) is 17.6 Å². The molecule has 0 saturated heterocycles. The zero-order valence-corrected chi connectivity index (χ0v) is 13.1. The van der Waals surface area contributed by atoms with Crippen LogP contribution in [0.1, 0.15) is 5.56 Å². The van der Waals surface area contributed by atoms with Crippen molar-refractivity contribution < 1.29 is 0 Å². The molecule has 20 heavy (non-hydrogen) atoms. The number of nitriles is 1. The van der Waals surface area contributed by atoms with E-state index >= 15 is 0 Å². The third-order valence-electron chi connectivity index (χ3n) is 2.98. The maximum Gasteiger partial charge on any atom is 0.140 e. The summed E-state index contributed by atoms with van der Waals surface area (Å²) >= 11 is 4.57. The van der Waals surface area contributed by atoms with E-state index in [-0.39, 0.29) is 0 Å². The van der Waals surface area contributed by atoms with E-state index in [1.54, 1.807) is 0 Å². The molecule has 0 atom stereocenters. The molecule has 2 aromatic heterocycles. The summed E-state index contributed by atoms with van der Waals surface area (Å²) in [5.74, 6) is 0. The Bertz CT molecular complexity index is 815. The van der Waals surface area contributed by atoms with Crippen LogP contribution in [0.5, 0.6) is 0 Å². The molecule has 0 fully saturated rings. The smallest absolute Gasteiger partial charge is 0.140 e. The summed E-state index contributed by atoms with van der Waals surface area (Å²) in [7, 11) is 0. The predicted molar refractivity (Wildman–Crippen MR) is 84.5 cm³/mol. The lowest BCUT2D eigenvalue weighted by atomic mass is 10.2. The first kappa shape index (κ1) is 13.2. The molecule has 0 bridgehead atoms. The van der Waals surface area contributed by atoms with Gasteiger partial charge in [0.15, 0.2) is 0 Å². The van der Waals surface area contributed by atoms with Crippen molar-refractivity contribution in [3.8, 4) is 16.7 Å². The van der Waals surface area contributed by atoms with E-state index in [0.717, 1.165) is 43.7 Å². The topological polar surface area (TPSA) is 41.1 Å². The number of benzene rings is 1. The van der Waals surface area contributed by atoms with Crippen LogP contribution < -0.4 is 0 Å². The standard InChI is InChI=1S/C15H10BrN3S/c1-10-2-7-13-18-14(11-3-5-12(16)6-4-11)15(20-9-17)19(13)8-10/h2-8H,1H3. The molecule has 1 aromatic carbocycles. The third-order valence-corrected chi connectivity index (χ3v) is 4.19. The summed E-state index contributed by atoms with van der Waals surface area (Å²) < 4.78 is 3.00. The van der Waals surface area contributed by atoms with Crippen molar-refractivity contribution in [1.82, 2.24) is 9.38 Å². The van der Waals surface area contributed by atoms with Gasteiger partial charge in [-0.25, -0.2) is 4.98 Å². The Balaban J connectivity index is 2.26. The summed E-state index contributed by atoms with van der Waals surface area (Å²) in [6.45, 7) is 2.03. The molecule has 3 rings (SSSR count). The number of halogens is 1. The normalized spacial score (nSPS) is 10.7. The Morgan fingerprint density at radius 2 is 1.95 bits per heavy atom. The molecule has 0 unspecified atom stereocenters. The van der Waals surface area contributed by atoms with Crippen LogP contribution in [-0.4, -0.2) is 9.38 Å². The highest BCUT2D eigenvalue weighted by Crippen LogP contribution is 2.32. The molecule has 0 radical (unpaired) electrons. The highest BCUT2D eigenvalue weighted by molar-refractivity contribution is 9.10. The van der Waals surface area contributed by atoms with Gasteiger partial charge in [-0.3, -0.25) is 4.40 Å². The highest BCUT2D eigenvalue weighted by Gasteiger charge is 2.14. The number of aromatic nitrogens is 2. The fourth-order valence-corrected chi connectivity index (χ4v) is 2.92. The van der Waals surface area contributed by atoms with E-state index in [9.17, 15) is 0 Å². The Kier molecular flexibility index (Phi) is 3.51. The third kappa shape index (κ3) is 2.33. The fourth-order valence-electron chi connectivity index (χ4n) is 2.07. The number of aryl methyl sites for hydroxylation is 1. The first-order valence-electron chi connectivity index (χ1n) is 5.99. The molecule has 3 nitrogen and oxygen atoms in total. The molecule has 0 saturated carbocycles. The van der Waals surface area contributed by atoms with E-state index in [0.29, 0.717) is 0 Å². The van der Waals surface area contributed by atoms with Gasteiger partial charge in [-0.05, 0) is 30.7 Å². The van der Waals surface area contributed by atoms with Crippen molar-refractivity contribution in [2.45, 2.75) is 11.9 Å². The summed E-state index contributed by atoms with van der Waals surface area (Å²) in [5.41, 5.74) is 3.84. The van der Waals surface area contributed by atoms with Crippen LogP contribution in [0.4, 0.5) is 0 Å². The van der Waals surface area contributed by atoms with Crippen molar-refractivity contribution in [2.24, 2.45) is 0 Å². The van der Waals surface area contributed by atoms with Crippen LogP contribution in [0.3, 0.4) is 0 Å².